The van der Waals surface area contributed by atoms with Crippen molar-refractivity contribution in [2.45, 2.75) is 6.42 Å². The average molecular weight is 300 g/mol. The standard InChI is InChI=1S/C14H10ClN5O/c15-13-17-12(18-14(19-13)20-7-2-6-16-20)10-4-1-3-9-5-8-21-11(9)10/h1-4,6-7H,5,8H2. The van der Waals surface area contributed by atoms with Crippen LogP contribution >= 0.6 is 11.6 Å². The third-order valence-corrected chi connectivity index (χ3v) is 3.43. The Morgan fingerprint density at radius 1 is 1.14 bits per heavy atom. The van der Waals surface area contributed by atoms with E-state index in [2.05, 4.69) is 20.1 Å². The molecule has 2 aromatic heterocycles. The number of hydrogen-bond donors (Lipinski definition) is 0. The van der Waals surface area contributed by atoms with Crippen molar-refractivity contribution in [3.63, 3.8) is 0 Å². The normalized spacial score (nSPS) is 13.0. The highest BCUT2D eigenvalue weighted by Gasteiger charge is 2.20. The summed E-state index contributed by atoms with van der Waals surface area (Å²) < 4.78 is 7.23. The van der Waals surface area contributed by atoms with E-state index in [1.807, 2.05) is 18.2 Å². The topological polar surface area (TPSA) is 65.7 Å². The maximum atomic E-state index is 6.02. The van der Waals surface area contributed by atoms with Crippen molar-refractivity contribution in [3.8, 4) is 23.1 Å². The molecular formula is C14H10ClN5O. The first-order valence-corrected chi connectivity index (χ1v) is 6.86. The number of nitrogens with zero attached hydrogens (tertiary/aromatic N) is 5. The second-order valence-corrected chi connectivity index (χ2v) is 4.91. The molecule has 0 aliphatic carbocycles. The fourth-order valence-corrected chi connectivity index (χ4v) is 2.50. The summed E-state index contributed by atoms with van der Waals surface area (Å²) in [5.41, 5.74) is 1.98. The molecule has 3 aromatic rings. The summed E-state index contributed by atoms with van der Waals surface area (Å²) in [6.07, 6.45) is 4.30. The molecule has 1 aromatic carbocycles. The molecule has 0 unspecified atom stereocenters. The first-order chi connectivity index (χ1) is 10.3. The minimum Gasteiger partial charge on any atom is -0.492 e. The van der Waals surface area contributed by atoms with Crippen molar-refractivity contribution in [1.29, 1.82) is 0 Å². The van der Waals surface area contributed by atoms with Crippen LogP contribution in [-0.2, 0) is 6.42 Å². The van der Waals surface area contributed by atoms with E-state index in [1.165, 1.54) is 0 Å². The SMILES string of the molecule is Clc1nc(-c2cccc3c2OCC3)nc(-n2cccn2)n1. The Bertz CT molecular complexity index is 803. The highest BCUT2D eigenvalue weighted by atomic mass is 35.5. The van der Waals surface area contributed by atoms with Crippen molar-refractivity contribution in [2.24, 2.45) is 0 Å². The molecule has 21 heavy (non-hydrogen) atoms. The predicted octanol–water partition coefficient (Wildman–Crippen LogP) is 2.31. The monoisotopic (exact) mass is 299 g/mol. The van der Waals surface area contributed by atoms with Crippen LogP contribution in [0.15, 0.2) is 36.7 Å². The van der Waals surface area contributed by atoms with Gasteiger partial charge in [0.25, 0.3) is 5.95 Å². The molecule has 3 heterocycles. The molecule has 1 aliphatic heterocycles. The van der Waals surface area contributed by atoms with Gasteiger partial charge in [-0.25, -0.2) is 4.68 Å². The Labute approximate surface area is 125 Å². The fourth-order valence-electron chi connectivity index (χ4n) is 2.34. The number of fused-ring (bicyclic) bond motifs is 1. The minimum absolute atomic E-state index is 0.126. The van der Waals surface area contributed by atoms with Gasteiger partial charge in [-0.2, -0.15) is 20.1 Å². The Kier molecular flexibility index (Phi) is 2.82. The van der Waals surface area contributed by atoms with Crippen LogP contribution in [0.3, 0.4) is 0 Å². The lowest BCUT2D eigenvalue weighted by Crippen LogP contribution is -2.05. The lowest BCUT2D eigenvalue weighted by molar-refractivity contribution is 0.358. The number of aromatic nitrogens is 5. The molecule has 0 bridgehead atoms. The maximum absolute atomic E-state index is 6.02. The van der Waals surface area contributed by atoms with E-state index in [1.54, 1.807) is 23.1 Å². The summed E-state index contributed by atoms with van der Waals surface area (Å²) in [5, 5.41) is 4.23. The van der Waals surface area contributed by atoms with Crippen molar-refractivity contribution in [2.75, 3.05) is 6.61 Å². The summed E-state index contributed by atoms with van der Waals surface area (Å²) in [4.78, 5) is 12.7. The van der Waals surface area contributed by atoms with Gasteiger partial charge in [-0.05, 0) is 29.3 Å². The van der Waals surface area contributed by atoms with Crippen LogP contribution in [0, 0.1) is 0 Å². The van der Waals surface area contributed by atoms with Gasteiger partial charge < -0.3 is 4.74 Å². The molecule has 0 fully saturated rings. The first-order valence-electron chi connectivity index (χ1n) is 6.48. The van der Waals surface area contributed by atoms with Crippen LogP contribution in [0.1, 0.15) is 5.56 Å². The number of ether oxygens (including phenoxy) is 1. The Morgan fingerprint density at radius 3 is 2.95 bits per heavy atom. The van der Waals surface area contributed by atoms with E-state index < -0.39 is 0 Å². The van der Waals surface area contributed by atoms with Crippen molar-refractivity contribution in [3.05, 3.63) is 47.5 Å². The fraction of sp³-hybridized carbons (Fsp3) is 0.143. The van der Waals surface area contributed by atoms with E-state index in [9.17, 15) is 0 Å². The van der Waals surface area contributed by atoms with E-state index in [0.29, 0.717) is 18.4 Å². The molecule has 0 radical (unpaired) electrons. The molecular weight excluding hydrogens is 290 g/mol. The second-order valence-electron chi connectivity index (χ2n) is 4.57. The van der Waals surface area contributed by atoms with Crippen LogP contribution in [0.2, 0.25) is 5.28 Å². The third-order valence-electron chi connectivity index (χ3n) is 3.26. The van der Waals surface area contributed by atoms with Gasteiger partial charge in [0, 0.05) is 18.8 Å². The summed E-state index contributed by atoms with van der Waals surface area (Å²) >= 11 is 6.02. The van der Waals surface area contributed by atoms with Gasteiger partial charge in [0.2, 0.25) is 5.28 Å². The van der Waals surface area contributed by atoms with Gasteiger partial charge in [0.15, 0.2) is 5.82 Å². The molecule has 4 rings (SSSR count). The van der Waals surface area contributed by atoms with Gasteiger partial charge in [-0.15, -0.1) is 0 Å². The second kappa shape index (κ2) is 4.82. The maximum Gasteiger partial charge on any atom is 0.255 e. The van der Waals surface area contributed by atoms with Gasteiger partial charge in [0.1, 0.15) is 5.75 Å². The zero-order valence-electron chi connectivity index (χ0n) is 10.9. The molecule has 0 atom stereocenters. The summed E-state index contributed by atoms with van der Waals surface area (Å²) in [5.74, 6) is 1.69. The van der Waals surface area contributed by atoms with Gasteiger partial charge in [0.05, 0.1) is 12.2 Å². The number of rotatable bonds is 2. The molecule has 7 heteroatoms. The van der Waals surface area contributed by atoms with E-state index in [4.69, 9.17) is 16.3 Å². The largest absolute Gasteiger partial charge is 0.492 e. The number of benzene rings is 1. The lowest BCUT2D eigenvalue weighted by atomic mass is 10.1. The van der Waals surface area contributed by atoms with E-state index in [-0.39, 0.29) is 5.28 Å². The van der Waals surface area contributed by atoms with Crippen LogP contribution in [-0.4, -0.2) is 31.3 Å². The molecule has 0 saturated heterocycles. The lowest BCUT2D eigenvalue weighted by Gasteiger charge is -2.08. The average Bonchev–Trinajstić information content (AvgIpc) is 3.17. The number of para-hydroxylation sites is 1. The van der Waals surface area contributed by atoms with Crippen molar-refractivity contribution < 1.29 is 4.74 Å². The quantitative estimate of drug-likeness (QED) is 0.726. The number of hydrogen-bond acceptors (Lipinski definition) is 5. The third kappa shape index (κ3) is 2.13. The molecule has 104 valence electrons. The molecule has 1 aliphatic rings. The van der Waals surface area contributed by atoms with Gasteiger partial charge >= 0.3 is 0 Å². The molecule has 0 spiro atoms. The minimum atomic E-state index is 0.126. The molecule has 0 amide bonds. The van der Waals surface area contributed by atoms with E-state index >= 15 is 0 Å². The smallest absolute Gasteiger partial charge is 0.255 e. The highest BCUT2D eigenvalue weighted by molar-refractivity contribution is 6.28. The van der Waals surface area contributed by atoms with Crippen LogP contribution < -0.4 is 4.74 Å². The van der Waals surface area contributed by atoms with Gasteiger partial charge in [-0.3, -0.25) is 0 Å². The summed E-state index contributed by atoms with van der Waals surface area (Å²) in [7, 11) is 0. The Balaban J connectivity index is 1.88. The zero-order chi connectivity index (χ0) is 14.2. The van der Waals surface area contributed by atoms with Gasteiger partial charge in [-0.1, -0.05) is 12.1 Å². The predicted molar refractivity (Wildman–Crippen MR) is 76.6 cm³/mol. The van der Waals surface area contributed by atoms with Crippen LogP contribution in [0.4, 0.5) is 0 Å². The molecule has 6 nitrogen and oxygen atoms in total. The number of halogens is 1. The first kappa shape index (κ1) is 12.3. The highest BCUT2D eigenvalue weighted by Crippen LogP contribution is 2.35. The van der Waals surface area contributed by atoms with Crippen LogP contribution in [0.5, 0.6) is 5.75 Å². The summed E-state index contributed by atoms with van der Waals surface area (Å²) in [6, 6.07) is 7.72. The summed E-state index contributed by atoms with van der Waals surface area (Å²) in [6.45, 7) is 0.678. The molecule has 0 N–H and O–H groups in total. The zero-order valence-corrected chi connectivity index (χ0v) is 11.7. The van der Waals surface area contributed by atoms with Crippen molar-refractivity contribution >= 4 is 11.6 Å². The Hall–Kier alpha value is -2.47. The molecule has 0 saturated carbocycles. The van der Waals surface area contributed by atoms with Crippen LogP contribution in [0.25, 0.3) is 17.3 Å². The van der Waals surface area contributed by atoms with Crippen molar-refractivity contribution in [1.82, 2.24) is 24.7 Å². The Morgan fingerprint density at radius 2 is 2.10 bits per heavy atom. The van der Waals surface area contributed by atoms with E-state index in [0.717, 1.165) is 23.3 Å².